The molecule has 0 unspecified atom stereocenters. The van der Waals surface area contributed by atoms with Crippen LogP contribution in [0.25, 0.3) is 10.9 Å². The smallest absolute Gasteiger partial charge is 0.213 e. The molecule has 0 amide bonds. The third-order valence-electron chi connectivity index (χ3n) is 6.27. The van der Waals surface area contributed by atoms with Crippen LogP contribution >= 0.6 is 0 Å². The van der Waals surface area contributed by atoms with E-state index in [2.05, 4.69) is 15.5 Å². The predicted molar refractivity (Wildman–Crippen MR) is 105 cm³/mol. The summed E-state index contributed by atoms with van der Waals surface area (Å²) in [6, 6.07) is 5.91. The molecule has 1 aromatic heterocycles. The summed E-state index contributed by atoms with van der Waals surface area (Å²) >= 11 is 0. The topological polar surface area (TPSA) is 75.0 Å². The van der Waals surface area contributed by atoms with Crippen LogP contribution in [0.5, 0.6) is 5.75 Å². The van der Waals surface area contributed by atoms with Gasteiger partial charge in [-0.15, -0.1) is 0 Å². The Balaban J connectivity index is 1.91. The molecular weight excluding hydrogens is 366 g/mol. The molecule has 1 N–H and O–H groups in total. The summed E-state index contributed by atoms with van der Waals surface area (Å²) in [7, 11) is 2.46. The van der Waals surface area contributed by atoms with Gasteiger partial charge in [0.25, 0.3) is 0 Å². The number of ether oxygens (including phenoxy) is 1. The number of aliphatic hydroxyl groups excluding tert-OH is 1. The van der Waals surface area contributed by atoms with Crippen molar-refractivity contribution in [3.8, 4) is 5.75 Å². The van der Waals surface area contributed by atoms with Crippen molar-refractivity contribution in [3.63, 3.8) is 0 Å². The number of rotatable bonds is 4. The minimum absolute atomic E-state index is 0.0256. The quantitative estimate of drug-likeness (QED) is 0.841. The fourth-order valence-electron chi connectivity index (χ4n) is 4.88. The summed E-state index contributed by atoms with van der Waals surface area (Å²) in [4.78, 5) is 2.15. The van der Waals surface area contributed by atoms with Crippen LogP contribution in [0.2, 0.25) is 0 Å². The lowest BCUT2D eigenvalue weighted by molar-refractivity contribution is 0.0451. The Morgan fingerprint density at radius 2 is 1.96 bits per heavy atom. The van der Waals surface area contributed by atoms with Gasteiger partial charge in [-0.3, -0.25) is 4.90 Å². The van der Waals surface area contributed by atoms with E-state index in [1.54, 1.807) is 18.3 Å². The van der Waals surface area contributed by atoms with Crippen molar-refractivity contribution in [3.05, 3.63) is 29.5 Å². The van der Waals surface area contributed by atoms with Crippen LogP contribution < -0.4 is 4.74 Å². The van der Waals surface area contributed by atoms with Crippen LogP contribution in [0.1, 0.15) is 24.2 Å². The lowest BCUT2D eigenvalue weighted by Gasteiger charge is -2.55. The van der Waals surface area contributed by atoms with Crippen molar-refractivity contribution >= 4 is 20.9 Å². The lowest BCUT2D eigenvalue weighted by Crippen LogP contribution is -2.67. The van der Waals surface area contributed by atoms with Gasteiger partial charge in [0.05, 0.1) is 31.0 Å². The van der Waals surface area contributed by atoms with Gasteiger partial charge in [-0.25, -0.2) is 8.42 Å². The minimum Gasteiger partial charge on any atom is -0.497 e. The maximum atomic E-state index is 12.3. The van der Waals surface area contributed by atoms with Gasteiger partial charge in [0.15, 0.2) is 0 Å². The molecule has 3 heterocycles. The third kappa shape index (κ3) is 2.54. The second kappa shape index (κ2) is 6.20. The van der Waals surface area contributed by atoms with Crippen LogP contribution in [0.4, 0.5) is 0 Å². The molecule has 0 saturated carbocycles. The van der Waals surface area contributed by atoms with Gasteiger partial charge in [-0.1, -0.05) is 0 Å². The van der Waals surface area contributed by atoms with Gasteiger partial charge in [-0.05, 0) is 31.7 Å². The number of aliphatic hydroxyl groups is 1. The highest BCUT2D eigenvalue weighted by Crippen LogP contribution is 2.49. The number of sulfonamides is 1. The molecule has 1 fully saturated rings. The summed E-state index contributed by atoms with van der Waals surface area (Å²) in [5.74, 6) is 0.907. The Bertz CT molecular complexity index is 992. The number of hydrogen-bond donors (Lipinski definition) is 1. The molecule has 7 nitrogen and oxygen atoms in total. The normalized spacial score (nSPS) is 22.8. The van der Waals surface area contributed by atoms with Gasteiger partial charge < -0.3 is 14.4 Å². The van der Waals surface area contributed by atoms with Crippen molar-refractivity contribution in [1.29, 1.82) is 0 Å². The van der Waals surface area contributed by atoms with E-state index >= 15 is 0 Å². The second-order valence-corrected chi connectivity index (χ2v) is 10.0. The van der Waals surface area contributed by atoms with Crippen LogP contribution in [0.3, 0.4) is 0 Å². The van der Waals surface area contributed by atoms with Crippen molar-refractivity contribution in [1.82, 2.24) is 13.8 Å². The molecule has 1 saturated heterocycles. The molecule has 148 valence electrons. The minimum atomic E-state index is -3.19. The number of benzene rings is 1. The number of hydrogen-bond acceptors (Lipinski definition) is 5. The van der Waals surface area contributed by atoms with Crippen molar-refractivity contribution in [2.24, 2.45) is 7.05 Å². The fourth-order valence-corrected chi connectivity index (χ4v) is 6.13. The molecule has 4 rings (SSSR count). The molecule has 2 aliphatic rings. The Morgan fingerprint density at radius 3 is 2.56 bits per heavy atom. The molecule has 1 aromatic carbocycles. The summed E-state index contributed by atoms with van der Waals surface area (Å²) < 4.78 is 33.8. The van der Waals surface area contributed by atoms with Crippen LogP contribution in [-0.2, 0) is 22.5 Å². The van der Waals surface area contributed by atoms with Crippen molar-refractivity contribution in [2.45, 2.75) is 18.4 Å². The standard InChI is InChI=1S/C19H27N3O4S/c1-5-27(24,25)22-11-19(12-22)10-20(2)16(9-23)18-17(19)14-7-6-13(26-4)8-15(14)21(18)3/h6-8,16,23H,5,9-12H2,1-4H3/t16-/m0/s1. The first kappa shape index (κ1) is 18.7. The number of likely N-dealkylation sites (N-methyl/N-ethyl adjacent to an activating group) is 1. The van der Waals surface area contributed by atoms with E-state index in [4.69, 9.17) is 4.74 Å². The number of aryl methyl sites for hydroxylation is 1. The number of fused-ring (bicyclic) bond motifs is 4. The highest BCUT2D eigenvalue weighted by Gasteiger charge is 2.55. The maximum absolute atomic E-state index is 12.3. The Labute approximate surface area is 160 Å². The van der Waals surface area contributed by atoms with Gasteiger partial charge in [-0.2, -0.15) is 4.31 Å². The SMILES string of the molecule is CCS(=O)(=O)N1CC2(CN(C)[C@@H](CO)c3c2c2ccc(OC)cc2n3C)C1. The molecule has 1 atom stereocenters. The molecular formula is C19H27N3O4S. The number of nitrogens with zero attached hydrogens (tertiary/aromatic N) is 3. The molecule has 0 radical (unpaired) electrons. The highest BCUT2D eigenvalue weighted by atomic mass is 32.2. The first-order valence-corrected chi connectivity index (χ1v) is 10.8. The van der Waals surface area contributed by atoms with Crippen molar-refractivity contribution < 1.29 is 18.3 Å². The molecule has 2 aromatic rings. The van der Waals surface area contributed by atoms with E-state index < -0.39 is 10.0 Å². The molecule has 27 heavy (non-hydrogen) atoms. The zero-order valence-electron chi connectivity index (χ0n) is 16.3. The largest absolute Gasteiger partial charge is 0.497 e. The predicted octanol–water partition coefficient (Wildman–Crippen LogP) is 1.07. The van der Waals surface area contributed by atoms with Gasteiger partial charge in [0.2, 0.25) is 10.0 Å². The lowest BCUT2D eigenvalue weighted by atomic mass is 9.70. The zero-order valence-corrected chi connectivity index (χ0v) is 17.1. The van der Waals surface area contributed by atoms with Crippen LogP contribution in [0.15, 0.2) is 18.2 Å². The monoisotopic (exact) mass is 393 g/mol. The Morgan fingerprint density at radius 1 is 1.26 bits per heavy atom. The maximum Gasteiger partial charge on any atom is 0.213 e. The average molecular weight is 394 g/mol. The van der Waals surface area contributed by atoms with E-state index in [1.165, 1.54) is 5.56 Å². The summed E-state index contributed by atoms with van der Waals surface area (Å²) in [5, 5.41) is 11.2. The van der Waals surface area contributed by atoms with E-state index in [9.17, 15) is 13.5 Å². The molecule has 2 aliphatic heterocycles. The first-order valence-electron chi connectivity index (χ1n) is 9.23. The third-order valence-corrected chi connectivity index (χ3v) is 8.05. The van der Waals surface area contributed by atoms with Crippen LogP contribution in [-0.4, -0.2) is 73.4 Å². The second-order valence-electron chi connectivity index (χ2n) is 7.76. The molecule has 0 aliphatic carbocycles. The zero-order chi connectivity index (χ0) is 19.6. The summed E-state index contributed by atoms with van der Waals surface area (Å²) in [6.45, 7) is 3.42. The summed E-state index contributed by atoms with van der Waals surface area (Å²) in [6.07, 6.45) is 0. The number of aromatic nitrogens is 1. The van der Waals surface area contributed by atoms with Gasteiger partial charge in [0, 0.05) is 49.2 Å². The van der Waals surface area contributed by atoms with Gasteiger partial charge >= 0.3 is 0 Å². The first-order chi connectivity index (χ1) is 12.8. The van der Waals surface area contributed by atoms with E-state index in [1.807, 2.05) is 26.2 Å². The number of methoxy groups -OCH3 is 1. The molecule has 8 heteroatoms. The van der Waals surface area contributed by atoms with E-state index in [0.717, 1.165) is 28.9 Å². The van der Waals surface area contributed by atoms with Gasteiger partial charge in [0.1, 0.15) is 5.75 Å². The summed E-state index contributed by atoms with van der Waals surface area (Å²) in [5.41, 5.74) is 3.06. The Hall–Kier alpha value is -1.61. The molecule has 0 bridgehead atoms. The molecule has 1 spiro atoms. The Kier molecular flexibility index (Phi) is 4.30. The average Bonchev–Trinajstić information content (AvgIpc) is 2.92. The van der Waals surface area contributed by atoms with Crippen LogP contribution in [0, 0.1) is 0 Å². The van der Waals surface area contributed by atoms with Crippen molar-refractivity contribution in [2.75, 3.05) is 46.2 Å². The van der Waals surface area contributed by atoms with E-state index in [0.29, 0.717) is 13.1 Å². The highest BCUT2D eigenvalue weighted by molar-refractivity contribution is 7.89. The fraction of sp³-hybridized carbons (Fsp3) is 0.579. The van der Waals surface area contributed by atoms with E-state index in [-0.39, 0.29) is 23.8 Å².